The summed E-state index contributed by atoms with van der Waals surface area (Å²) in [6.45, 7) is -2.68. The molecule has 1 aliphatic carbocycles. The van der Waals surface area contributed by atoms with E-state index in [1.54, 1.807) is 18.2 Å². The molecule has 2 aliphatic rings. The van der Waals surface area contributed by atoms with Crippen molar-refractivity contribution in [1.82, 2.24) is 25.9 Å². The van der Waals surface area contributed by atoms with Gasteiger partial charge in [-0.25, -0.2) is 10.1 Å². The van der Waals surface area contributed by atoms with Crippen LogP contribution in [-0.4, -0.2) is 34.9 Å². The van der Waals surface area contributed by atoms with Gasteiger partial charge in [0.1, 0.15) is 11.8 Å². The minimum absolute atomic E-state index is 0.0801. The first-order valence-electron chi connectivity index (χ1n) is 9.73. The van der Waals surface area contributed by atoms with E-state index in [0.717, 1.165) is 12.8 Å². The van der Waals surface area contributed by atoms with Crippen molar-refractivity contribution < 1.29 is 18.3 Å². The van der Waals surface area contributed by atoms with E-state index in [1.807, 2.05) is 6.07 Å². The molecule has 8 nitrogen and oxygen atoms in total. The van der Waals surface area contributed by atoms with Gasteiger partial charge in [-0.05, 0) is 37.3 Å². The highest BCUT2D eigenvalue weighted by Gasteiger charge is 2.42. The molecule has 4 atom stereocenters. The summed E-state index contributed by atoms with van der Waals surface area (Å²) in [7, 11) is 1.43. The van der Waals surface area contributed by atoms with Crippen molar-refractivity contribution in [2.45, 2.75) is 43.9 Å². The van der Waals surface area contributed by atoms with Crippen LogP contribution in [0.3, 0.4) is 0 Å². The summed E-state index contributed by atoms with van der Waals surface area (Å²) in [5.41, 5.74) is 7.73. The largest absolute Gasteiger partial charge is 0.495 e. The number of nitriles is 1. The lowest BCUT2D eigenvalue weighted by Crippen LogP contribution is -2.44. The van der Waals surface area contributed by atoms with Crippen LogP contribution in [0.2, 0.25) is 0 Å². The molecule has 2 heterocycles. The SMILES string of the molecule is COc1c(C#N)cccc1C(=O)NC1CCC2NNC(c3cnn(C(F)F)c3)C2C1. The van der Waals surface area contributed by atoms with E-state index in [2.05, 4.69) is 21.3 Å². The lowest BCUT2D eigenvalue weighted by atomic mass is 9.77. The second-order valence-corrected chi connectivity index (χ2v) is 7.55. The molecule has 1 amide bonds. The van der Waals surface area contributed by atoms with Crippen LogP contribution in [0, 0.1) is 17.2 Å². The Morgan fingerprint density at radius 3 is 2.93 bits per heavy atom. The average Bonchev–Trinajstić information content (AvgIpc) is 3.39. The lowest BCUT2D eigenvalue weighted by molar-refractivity contribution is 0.0564. The van der Waals surface area contributed by atoms with E-state index in [9.17, 15) is 18.8 Å². The number of benzene rings is 1. The third-order valence-electron chi connectivity index (χ3n) is 5.85. The van der Waals surface area contributed by atoms with Gasteiger partial charge in [-0.3, -0.25) is 10.2 Å². The minimum atomic E-state index is -2.68. The molecule has 0 bridgehead atoms. The number of rotatable bonds is 5. The molecule has 1 saturated carbocycles. The Bertz CT molecular complexity index is 972. The Morgan fingerprint density at radius 2 is 2.23 bits per heavy atom. The molecule has 158 valence electrons. The molecule has 2 aromatic rings. The number of amides is 1. The van der Waals surface area contributed by atoms with Gasteiger partial charge in [0.15, 0.2) is 0 Å². The van der Waals surface area contributed by atoms with E-state index in [4.69, 9.17) is 4.74 Å². The van der Waals surface area contributed by atoms with E-state index in [-0.39, 0.29) is 35.7 Å². The van der Waals surface area contributed by atoms with Crippen LogP contribution in [0.1, 0.15) is 53.3 Å². The number of nitrogens with zero attached hydrogens (tertiary/aromatic N) is 3. The maximum absolute atomic E-state index is 12.9. The molecule has 3 N–H and O–H groups in total. The number of aromatic nitrogens is 2. The Kier molecular flexibility index (Phi) is 5.65. The summed E-state index contributed by atoms with van der Waals surface area (Å²) in [5, 5.41) is 16.0. The van der Waals surface area contributed by atoms with Gasteiger partial charge in [0.25, 0.3) is 5.91 Å². The van der Waals surface area contributed by atoms with Crippen LogP contribution < -0.4 is 20.9 Å². The quantitative estimate of drug-likeness (QED) is 0.691. The number of ether oxygens (including phenoxy) is 1. The first kappa shape index (κ1) is 20.3. The molecule has 1 aromatic heterocycles. The molecule has 10 heteroatoms. The second kappa shape index (κ2) is 8.38. The number of nitrogens with one attached hydrogen (secondary N) is 3. The van der Waals surface area contributed by atoms with Gasteiger partial charge in [0, 0.05) is 23.8 Å². The average molecular weight is 416 g/mol. The lowest BCUT2D eigenvalue weighted by Gasteiger charge is -2.33. The van der Waals surface area contributed by atoms with Gasteiger partial charge in [-0.1, -0.05) is 6.07 Å². The standard InChI is InChI=1S/C20H22F2N6O2/c1-30-18-11(8-23)3-2-4-14(18)19(29)25-13-5-6-16-15(7-13)17(27-26-16)12-9-24-28(10-12)20(21)22/h2-4,9-10,13,15-17,20,26-27H,5-7H2,1H3,(H,25,29). The molecular weight excluding hydrogens is 394 g/mol. The van der Waals surface area contributed by atoms with Crippen molar-refractivity contribution in [3.05, 3.63) is 47.3 Å². The van der Waals surface area contributed by atoms with E-state index in [0.29, 0.717) is 27.8 Å². The molecule has 4 rings (SSSR count). The number of fused-ring (bicyclic) bond motifs is 1. The predicted molar refractivity (Wildman–Crippen MR) is 103 cm³/mol. The van der Waals surface area contributed by atoms with E-state index >= 15 is 0 Å². The summed E-state index contributed by atoms with van der Waals surface area (Å²) in [6.07, 6.45) is 5.10. The molecule has 30 heavy (non-hydrogen) atoms. The highest BCUT2D eigenvalue weighted by atomic mass is 19.3. The summed E-state index contributed by atoms with van der Waals surface area (Å²) < 4.78 is 31.6. The molecule has 4 unspecified atom stereocenters. The second-order valence-electron chi connectivity index (χ2n) is 7.55. The number of carbonyl (C=O) groups excluding carboxylic acids is 1. The first-order valence-corrected chi connectivity index (χ1v) is 9.73. The van der Waals surface area contributed by atoms with Crippen LogP contribution in [0.4, 0.5) is 8.78 Å². The number of hydrogen-bond donors (Lipinski definition) is 3. The van der Waals surface area contributed by atoms with Crippen LogP contribution in [0.15, 0.2) is 30.6 Å². The molecule has 0 radical (unpaired) electrons. The zero-order valence-corrected chi connectivity index (χ0v) is 16.3. The van der Waals surface area contributed by atoms with Crippen molar-refractivity contribution in [3.63, 3.8) is 0 Å². The Morgan fingerprint density at radius 1 is 1.40 bits per heavy atom. The van der Waals surface area contributed by atoms with Crippen molar-refractivity contribution in [3.8, 4) is 11.8 Å². The number of carbonyl (C=O) groups is 1. The van der Waals surface area contributed by atoms with Crippen LogP contribution in [-0.2, 0) is 0 Å². The minimum Gasteiger partial charge on any atom is -0.495 e. The van der Waals surface area contributed by atoms with Crippen molar-refractivity contribution in [2.24, 2.45) is 5.92 Å². The van der Waals surface area contributed by atoms with Crippen molar-refractivity contribution in [2.75, 3.05) is 7.11 Å². The highest BCUT2D eigenvalue weighted by Crippen LogP contribution is 2.38. The van der Waals surface area contributed by atoms with Crippen LogP contribution in [0.5, 0.6) is 5.75 Å². The third-order valence-corrected chi connectivity index (χ3v) is 5.85. The Balaban J connectivity index is 1.47. The summed E-state index contributed by atoms with van der Waals surface area (Å²) in [6, 6.07) is 6.84. The van der Waals surface area contributed by atoms with Gasteiger partial charge in [-0.15, -0.1) is 0 Å². The van der Waals surface area contributed by atoms with E-state index < -0.39 is 6.55 Å². The third kappa shape index (κ3) is 3.74. The fourth-order valence-electron chi connectivity index (χ4n) is 4.43. The maximum Gasteiger partial charge on any atom is 0.333 e. The summed E-state index contributed by atoms with van der Waals surface area (Å²) in [4.78, 5) is 12.9. The molecule has 1 saturated heterocycles. The first-order chi connectivity index (χ1) is 14.5. The zero-order valence-electron chi connectivity index (χ0n) is 16.3. The molecule has 0 spiro atoms. The smallest absolute Gasteiger partial charge is 0.333 e. The van der Waals surface area contributed by atoms with Gasteiger partial charge in [0.05, 0.1) is 30.5 Å². The van der Waals surface area contributed by atoms with Gasteiger partial charge in [0.2, 0.25) is 0 Å². The van der Waals surface area contributed by atoms with Gasteiger partial charge < -0.3 is 10.1 Å². The van der Waals surface area contributed by atoms with Crippen LogP contribution >= 0.6 is 0 Å². The molecule has 2 fully saturated rings. The summed E-state index contributed by atoms with van der Waals surface area (Å²) >= 11 is 0. The number of halogens is 2. The number of hydrogen-bond acceptors (Lipinski definition) is 6. The topological polar surface area (TPSA) is 104 Å². The zero-order chi connectivity index (χ0) is 21.3. The number of alkyl halides is 2. The Hall–Kier alpha value is -3.03. The fourth-order valence-corrected chi connectivity index (χ4v) is 4.43. The normalized spacial score (nSPS) is 25.6. The number of methoxy groups -OCH3 is 1. The summed E-state index contributed by atoms with van der Waals surface area (Å²) in [5.74, 6) is 0.0766. The number of hydrazine groups is 1. The van der Waals surface area contributed by atoms with Gasteiger partial charge >= 0.3 is 6.55 Å². The molecule has 1 aromatic carbocycles. The van der Waals surface area contributed by atoms with Gasteiger partial charge in [-0.2, -0.15) is 19.1 Å². The van der Waals surface area contributed by atoms with E-state index in [1.165, 1.54) is 19.5 Å². The van der Waals surface area contributed by atoms with Crippen LogP contribution in [0.25, 0.3) is 0 Å². The number of para-hydroxylation sites is 1. The highest BCUT2D eigenvalue weighted by molar-refractivity contribution is 5.97. The predicted octanol–water partition coefficient (Wildman–Crippen LogP) is 2.27. The molecular formula is C20H22F2N6O2. The maximum atomic E-state index is 12.9. The monoisotopic (exact) mass is 416 g/mol. The fraction of sp³-hybridized carbons (Fsp3) is 0.450. The van der Waals surface area contributed by atoms with Crippen molar-refractivity contribution in [1.29, 1.82) is 5.26 Å². The van der Waals surface area contributed by atoms with Crippen molar-refractivity contribution >= 4 is 5.91 Å². The molecule has 1 aliphatic heterocycles. The Labute approximate surface area is 172 Å².